The van der Waals surface area contributed by atoms with Gasteiger partial charge in [-0.3, -0.25) is 4.98 Å². The fraction of sp³-hybridized carbons (Fsp3) is 0.0294. The molecule has 0 unspecified atom stereocenters. The number of thiazole rings is 1. The third-order valence-electron chi connectivity index (χ3n) is 7.48. The highest BCUT2D eigenvalue weighted by Gasteiger charge is 2.18. The van der Waals surface area contributed by atoms with Gasteiger partial charge >= 0.3 is 0 Å². The van der Waals surface area contributed by atoms with Crippen molar-refractivity contribution >= 4 is 43.4 Å². The third kappa shape index (κ3) is 3.57. The smallest absolute Gasteiger partial charge is 0.140 e. The molecule has 0 bridgehead atoms. The summed E-state index contributed by atoms with van der Waals surface area (Å²) in [7, 11) is 2.02. The summed E-state index contributed by atoms with van der Waals surface area (Å²) in [4.78, 5) is 14.3. The molecule has 0 radical (unpaired) electrons. The monoisotopic (exact) mass is 533 g/mol. The van der Waals surface area contributed by atoms with Gasteiger partial charge in [0.05, 0.1) is 26.9 Å². The maximum atomic E-state index is 4.94. The average Bonchev–Trinajstić information content (AvgIpc) is 3.72. The summed E-state index contributed by atoms with van der Waals surface area (Å²) in [6, 6.07) is 36.3. The van der Waals surface area contributed by atoms with Gasteiger partial charge in [-0.25, -0.2) is 9.97 Å². The molecule has 0 fully saturated rings. The van der Waals surface area contributed by atoms with Crippen LogP contribution in [0.3, 0.4) is 0 Å². The number of hydrogen-bond donors (Lipinski definition) is 0. The van der Waals surface area contributed by atoms with E-state index in [1.165, 1.54) is 15.5 Å². The normalized spacial score (nSPS) is 11.6. The van der Waals surface area contributed by atoms with E-state index in [-0.39, 0.29) is 0 Å². The van der Waals surface area contributed by atoms with Crippen molar-refractivity contribution < 1.29 is 0 Å². The molecule has 0 spiro atoms. The van der Waals surface area contributed by atoms with Gasteiger partial charge in [0.1, 0.15) is 10.8 Å². The molecule has 190 valence electrons. The van der Waals surface area contributed by atoms with E-state index < -0.39 is 0 Å². The van der Waals surface area contributed by atoms with Crippen molar-refractivity contribution in [1.29, 1.82) is 0 Å². The second-order valence-electron chi connectivity index (χ2n) is 9.88. The fourth-order valence-electron chi connectivity index (χ4n) is 5.60. The first-order valence-electron chi connectivity index (χ1n) is 13.2. The van der Waals surface area contributed by atoms with Gasteiger partial charge in [0.2, 0.25) is 0 Å². The van der Waals surface area contributed by atoms with Crippen LogP contribution in [0.25, 0.3) is 70.9 Å². The molecular weight excluding hydrogens is 510 g/mol. The molecule has 0 aliphatic rings. The Hall–Kier alpha value is -5.07. The van der Waals surface area contributed by atoms with Crippen molar-refractivity contribution in [2.75, 3.05) is 0 Å². The first-order valence-corrected chi connectivity index (χ1v) is 14.0. The average molecular weight is 534 g/mol. The topological polar surface area (TPSA) is 48.5 Å². The Labute approximate surface area is 234 Å². The number of pyridine rings is 1. The largest absolute Gasteiger partial charge is 0.334 e. The lowest BCUT2D eigenvalue weighted by atomic mass is 10.0. The number of aryl methyl sites for hydroxylation is 1. The van der Waals surface area contributed by atoms with Crippen LogP contribution in [0.2, 0.25) is 0 Å². The number of hydrogen-bond acceptors (Lipinski definition) is 4. The van der Waals surface area contributed by atoms with Crippen LogP contribution in [-0.4, -0.2) is 24.1 Å². The van der Waals surface area contributed by atoms with E-state index in [4.69, 9.17) is 9.97 Å². The highest BCUT2D eigenvalue weighted by Crippen LogP contribution is 2.39. The standard InChI is InChI=1S/C34H23N5S/c1-38-19-18-36-33(38)26-16-14-23(21-27(26)28-9-6-7-17-35-28)39-30-11-4-2-8-24(30)25-15-13-22(20-31(25)39)34-37-29-10-3-5-12-32(29)40-34/h2-21H,1H3. The van der Waals surface area contributed by atoms with E-state index in [0.29, 0.717) is 0 Å². The first kappa shape index (κ1) is 22.9. The number of imidazole rings is 1. The molecule has 4 aromatic heterocycles. The van der Waals surface area contributed by atoms with Crippen molar-refractivity contribution in [3.63, 3.8) is 0 Å². The molecule has 0 saturated carbocycles. The Morgan fingerprint density at radius 1 is 0.675 bits per heavy atom. The van der Waals surface area contributed by atoms with Gasteiger partial charge in [0, 0.05) is 58.8 Å². The summed E-state index contributed by atoms with van der Waals surface area (Å²) >= 11 is 1.73. The van der Waals surface area contributed by atoms with Gasteiger partial charge in [0.25, 0.3) is 0 Å². The summed E-state index contributed by atoms with van der Waals surface area (Å²) in [6.07, 6.45) is 5.65. The maximum absolute atomic E-state index is 4.94. The highest BCUT2D eigenvalue weighted by atomic mass is 32.1. The van der Waals surface area contributed by atoms with Crippen LogP contribution in [0.4, 0.5) is 0 Å². The molecule has 0 atom stereocenters. The summed E-state index contributed by atoms with van der Waals surface area (Å²) in [6.45, 7) is 0. The zero-order valence-electron chi connectivity index (χ0n) is 21.7. The summed E-state index contributed by atoms with van der Waals surface area (Å²) in [5.74, 6) is 0.910. The lowest BCUT2D eigenvalue weighted by molar-refractivity contribution is 0.925. The predicted octanol–water partition coefficient (Wildman–Crippen LogP) is 8.52. The fourth-order valence-corrected chi connectivity index (χ4v) is 6.56. The van der Waals surface area contributed by atoms with Gasteiger partial charge in [0.15, 0.2) is 0 Å². The molecule has 6 heteroatoms. The molecule has 5 nitrogen and oxygen atoms in total. The zero-order valence-corrected chi connectivity index (χ0v) is 22.5. The van der Waals surface area contributed by atoms with Gasteiger partial charge < -0.3 is 9.13 Å². The van der Waals surface area contributed by atoms with Crippen LogP contribution in [0.15, 0.2) is 122 Å². The van der Waals surface area contributed by atoms with Crippen LogP contribution in [0.1, 0.15) is 0 Å². The van der Waals surface area contributed by atoms with Gasteiger partial charge in [-0.15, -0.1) is 11.3 Å². The second kappa shape index (κ2) is 9.00. The summed E-state index contributed by atoms with van der Waals surface area (Å²) in [5.41, 5.74) is 8.54. The quantitative estimate of drug-likeness (QED) is 0.228. The zero-order chi connectivity index (χ0) is 26.6. The molecule has 0 aliphatic carbocycles. The van der Waals surface area contributed by atoms with E-state index in [1.807, 2.05) is 48.4 Å². The van der Waals surface area contributed by atoms with Gasteiger partial charge in [-0.05, 0) is 54.6 Å². The Morgan fingerprint density at radius 2 is 1.52 bits per heavy atom. The van der Waals surface area contributed by atoms with Gasteiger partial charge in [-0.1, -0.05) is 48.5 Å². The molecule has 4 heterocycles. The van der Waals surface area contributed by atoms with Crippen LogP contribution in [-0.2, 0) is 7.05 Å². The minimum atomic E-state index is 0.910. The van der Waals surface area contributed by atoms with E-state index >= 15 is 0 Å². The Kier molecular flexibility index (Phi) is 5.15. The number of rotatable bonds is 4. The Balaban J connectivity index is 1.39. The highest BCUT2D eigenvalue weighted by molar-refractivity contribution is 7.21. The van der Waals surface area contributed by atoms with Crippen LogP contribution in [0.5, 0.6) is 0 Å². The van der Waals surface area contributed by atoms with Crippen molar-refractivity contribution in [1.82, 2.24) is 24.1 Å². The molecular formula is C34H23N5S. The lowest BCUT2D eigenvalue weighted by Crippen LogP contribution is -1.99. The molecule has 0 amide bonds. The minimum Gasteiger partial charge on any atom is -0.334 e. The van der Waals surface area contributed by atoms with Crippen LogP contribution < -0.4 is 0 Å². The molecule has 4 aromatic carbocycles. The van der Waals surface area contributed by atoms with E-state index in [2.05, 4.69) is 94.5 Å². The van der Waals surface area contributed by atoms with Crippen molar-refractivity contribution in [2.24, 2.45) is 7.05 Å². The second-order valence-corrected chi connectivity index (χ2v) is 10.9. The first-order chi connectivity index (χ1) is 19.7. The molecule has 0 aliphatic heterocycles. The van der Waals surface area contributed by atoms with E-state index in [1.54, 1.807) is 11.3 Å². The minimum absolute atomic E-state index is 0.910. The van der Waals surface area contributed by atoms with Crippen molar-refractivity contribution in [3.8, 4) is 38.9 Å². The number of aromatic nitrogens is 5. The molecule has 0 N–H and O–H groups in total. The van der Waals surface area contributed by atoms with Crippen molar-refractivity contribution in [2.45, 2.75) is 0 Å². The molecule has 8 aromatic rings. The predicted molar refractivity (Wildman–Crippen MR) is 165 cm³/mol. The van der Waals surface area contributed by atoms with Crippen molar-refractivity contribution in [3.05, 3.63) is 122 Å². The summed E-state index contributed by atoms with van der Waals surface area (Å²) < 4.78 is 5.60. The molecule has 8 rings (SSSR count). The Morgan fingerprint density at radius 3 is 2.38 bits per heavy atom. The van der Waals surface area contributed by atoms with Crippen LogP contribution in [0, 0.1) is 0 Å². The lowest BCUT2D eigenvalue weighted by Gasteiger charge is -2.14. The molecule has 40 heavy (non-hydrogen) atoms. The SMILES string of the molecule is Cn1ccnc1-c1ccc(-n2c3ccccc3c3ccc(-c4nc5ccccc5s4)cc32)cc1-c1ccccn1. The van der Waals surface area contributed by atoms with E-state index in [9.17, 15) is 0 Å². The third-order valence-corrected chi connectivity index (χ3v) is 8.56. The van der Waals surface area contributed by atoms with Crippen LogP contribution >= 0.6 is 11.3 Å². The summed E-state index contributed by atoms with van der Waals surface area (Å²) in [5, 5.41) is 3.47. The Bertz CT molecular complexity index is 2150. The molecule has 0 saturated heterocycles. The number of benzene rings is 4. The number of nitrogens with zero attached hydrogens (tertiary/aromatic N) is 5. The maximum Gasteiger partial charge on any atom is 0.140 e. The van der Waals surface area contributed by atoms with E-state index in [0.717, 1.165) is 55.5 Å². The number of fused-ring (bicyclic) bond motifs is 4. The number of para-hydroxylation sites is 2. The van der Waals surface area contributed by atoms with Gasteiger partial charge in [-0.2, -0.15) is 0 Å².